The summed E-state index contributed by atoms with van der Waals surface area (Å²) in [6, 6.07) is 4.88. The molecule has 1 aliphatic carbocycles. The van der Waals surface area contributed by atoms with Crippen molar-refractivity contribution in [2.75, 3.05) is 31.6 Å². The van der Waals surface area contributed by atoms with Crippen LogP contribution >= 0.6 is 0 Å². The van der Waals surface area contributed by atoms with Crippen molar-refractivity contribution in [2.24, 2.45) is 23.2 Å². The van der Waals surface area contributed by atoms with E-state index in [1.807, 2.05) is 34.6 Å². The summed E-state index contributed by atoms with van der Waals surface area (Å²) in [7, 11) is 0. The number of anilines is 1. The molecule has 0 unspecified atom stereocenters. The summed E-state index contributed by atoms with van der Waals surface area (Å²) in [6.07, 6.45) is 3.85. The maximum atomic E-state index is 13.2. The number of alkyl carbamates (subject to hydrolysis) is 2. The average Bonchev–Trinajstić information content (AvgIpc) is 3.39. The van der Waals surface area contributed by atoms with E-state index in [1.54, 1.807) is 31.2 Å². The zero-order valence-electron chi connectivity index (χ0n) is 30.3. The van der Waals surface area contributed by atoms with Crippen molar-refractivity contribution in [2.45, 2.75) is 85.9 Å². The van der Waals surface area contributed by atoms with Crippen LogP contribution in [0.15, 0.2) is 36.4 Å². The molecule has 1 aliphatic heterocycles. The number of ether oxygens (including phenoxy) is 2. The Morgan fingerprint density at radius 1 is 0.804 bits per heavy atom. The highest BCUT2D eigenvalue weighted by atomic mass is 16.6. The molecule has 1 aromatic rings. The van der Waals surface area contributed by atoms with E-state index in [0.717, 1.165) is 0 Å². The fraction of sp³-hybridized carbons (Fsp3) is 0.583. The molecule has 1 fully saturated rings. The molecule has 5 N–H and O–H groups in total. The lowest BCUT2D eigenvalue weighted by atomic mass is 9.81. The molecule has 280 valence electrons. The molecule has 7 amide bonds. The summed E-state index contributed by atoms with van der Waals surface area (Å²) < 4.78 is 10.3. The summed E-state index contributed by atoms with van der Waals surface area (Å²) in [5, 5.41) is 13.4. The zero-order valence-corrected chi connectivity index (χ0v) is 30.3. The van der Waals surface area contributed by atoms with Crippen LogP contribution in [0.2, 0.25) is 0 Å². The number of carbonyl (C=O) groups is 7. The number of benzene rings is 1. The van der Waals surface area contributed by atoms with Crippen molar-refractivity contribution in [3.63, 3.8) is 0 Å². The molecule has 1 heterocycles. The van der Waals surface area contributed by atoms with Gasteiger partial charge < -0.3 is 36.1 Å². The summed E-state index contributed by atoms with van der Waals surface area (Å²) in [6.45, 7) is 11.9. The number of hydrogen-bond acceptors (Lipinski definition) is 9. The Balaban J connectivity index is 1.36. The lowest BCUT2D eigenvalue weighted by Gasteiger charge is -2.31. The van der Waals surface area contributed by atoms with Crippen LogP contribution in [-0.4, -0.2) is 84.9 Å². The lowest BCUT2D eigenvalue weighted by Crippen LogP contribution is -2.54. The first kappa shape index (κ1) is 40.5. The van der Waals surface area contributed by atoms with E-state index in [0.29, 0.717) is 43.5 Å². The largest absolute Gasteiger partial charge is 0.449 e. The van der Waals surface area contributed by atoms with Gasteiger partial charge in [-0.3, -0.25) is 28.9 Å². The molecule has 0 bridgehead atoms. The standard InChI is InChI=1S/C36H52N6O9/c1-22(2)30(41-32(46)26-11-7-24(8-12-26)19-42-28(43)15-16-29(42)44)33(47)39-23(3)31(45)40-27-13-9-25(10-14-27)20-50-34(48)37-17-18-38-35(49)51-21-36(4,5)6/h9-10,13-16,22-24,26,30H,7-8,11-12,17-21H2,1-6H3,(H,37,48)(H,38,49)(H,39,47)(H,40,45)(H,41,46)/t23-,24?,26?,30-/m0/s1. The molecule has 15 heteroatoms. The Labute approximate surface area is 299 Å². The minimum Gasteiger partial charge on any atom is -0.449 e. The predicted octanol–water partition coefficient (Wildman–Crippen LogP) is 3.00. The van der Waals surface area contributed by atoms with E-state index in [-0.39, 0.29) is 67.2 Å². The van der Waals surface area contributed by atoms with Gasteiger partial charge in [-0.1, -0.05) is 46.8 Å². The Bertz CT molecular complexity index is 1430. The molecule has 3 rings (SSSR count). The Morgan fingerprint density at radius 2 is 1.37 bits per heavy atom. The number of nitrogens with one attached hydrogen (secondary N) is 5. The van der Waals surface area contributed by atoms with Crippen molar-refractivity contribution < 1.29 is 43.0 Å². The van der Waals surface area contributed by atoms with Gasteiger partial charge in [0, 0.05) is 43.4 Å². The van der Waals surface area contributed by atoms with E-state index in [4.69, 9.17) is 9.47 Å². The van der Waals surface area contributed by atoms with E-state index in [9.17, 15) is 33.6 Å². The van der Waals surface area contributed by atoms with E-state index < -0.39 is 36.1 Å². The Kier molecular flexibility index (Phi) is 15.0. The summed E-state index contributed by atoms with van der Waals surface area (Å²) in [4.78, 5) is 87.8. The van der Waals surface area contributed by atoms with Crippen LogP contribution in [0.5, 0.6) is 0 Å². The number of imide groups is 1. The average molecular weight is 713 g/mol. The fourth-order valence-electron chi connectivity index (χ4n) is 5.45. The number of hydrogen-bond donors (Lipinski definition) is 5. The zero-order chi connectivity index (χ0) is 37.7. The normalized spacial score (nSPS) is 18.5. The molecule has 0 aromatic heterocycles. The van der Waals surface area contributed by atoms with E-state index in [2.05, 4.69) is 26.6 Å². The highest BCUT2D eigenvalue weighted by molar-refractivity contribution is 6.12. The van der Waals surface area contributed by atoms with Crippen LogP contribution in [0, 0.1) is 23.2 Å². The van der Waals surface area contributed by atoms with Crippen LogP contribution in [0.1, 0.15) is 72.8 Å². The first-order valence-corrected chi connectivity index (χ1v) is 17.4. The Hall–Kier alpha value is -4.95. The second-order valence-electron chi connectivity index (χ2n) is 14.6. The predicted molar refractivity (Wildman–Crippen MR) is 188 cm³/mol. The van der Waals surface area contributed by atoms with Crippen LogP contribution < -0.4 is 26.6 Å². The fourth-order valence-corrected chi connectivity index (χ4v) is 5.45. The second kappa shape index (κ2) is 18.9. The SMILES string of the molecule is CC(C)[C@H](NC(=O)C1CCC(CN2C(=O)C=CC2=O)CC1)C(=O)N[C@@H](C)C(=O)Nc1ccc(COC(=O)NCCNC(=O)OCC(C)(C)C)cc1. The highest BCUT2D eigenvalue weighted by Gasteiger charge is 2.34. The molecule has 0 saturated heterocycles. The van der Waals surface area contributed by atoms with Gasteiger partial charge >= 0.3 is 12.2 Å². The van der Waals surface area contributed by atoms with Crippen molar-refractivity contribution in [1.29, 1.82) is 0 Å². The number of amides is 7. The van der Waals surface area contributed by atoms with Gasteiger partial charge in [0.15, 0.2) is 0 Å². The van der Waals surface area contributed by atoms with Crippen molar-refractivity contribution in [3.05, 3.63) is 42.0 Å². The van der Waals surface area contributed by atoms with Crippen LogP contribution in [0.3, 0.4) is 0 Å². The maximum Gasteiger partial charge on any atom is 0.407 e. The maximum absolute atomic E-state index is 13.2. The number of rotatable bonds is 15. The first-order chi connectivity index (χ1) is 24.0. The quantitative estimate of drug-likeness (QED) is 0.134. The van der Waals surface area contributed by atoms with Gasteiger partial charge in [0.1, 0.15) is 18.7 Å². The summed E-state index contributed by atoms with van der Waals surface area (Å²) in [5.41, 5.74) is 0.994. The van der Waals surface area contributed by atoms with E-state index in [1.165, 1.54) is 17.1 Å². The molecule has 2 aliphatic rings. The molecule has 1 saturated carbocycles. The molecule has 15 nitrogen and oxygen atoms in total. The third-order valence-electron chi connectivity index (χ3n) is 8.45. The monoisotopic (exact) mass is 712 g/mol. The topological polar surface area (TPSA) is 201 Å². The van der Waals surface area contributed by atoms with Crippen LogP contribution in [0.4, 0.5) is 15.3 Å². The lowest BCUT2D eigenvalue weighted by molar-refractivity contribution is -0.138. The molecule has 51 heavy (non-hydrogen) atoms. The van der Waals surface area contributed by atoms with Crippen LogP contribution in [0.25, 0.3) is 0 Å². The van der Waals surface area contributed by atoms with Crippen LogP contribution in [-0.2, 0) is 40.1 Å². The number of nitrogens with zero attached hydrogens (tertiary/aromatic N) is 1. The van der Waals surface area contributed by atoms with Gasteiger partial charge in [-0.15, -0.1) is 0 Å². The third-order valence-corrected chi connectivity index (χ3v) is 8.45. The van der Waals surface area contributed by atoms with Gasteiger partial charge in [-0.2, -0.15) is 0 Å². The summed E-state index contributed by atoms with van der Waals surface area (Å²) in [5.74, 6) is -2.20. The second-order valence-corrected chi connectivity index (χ2v) is 14.6. The van der Waals surface area contributed by atoms with Gasteiger partial charge in [0.2, 0.25) is 17.7 Å². The molecule has 0 radical (unpaired) electrons. The van der Waals surface area contributed by atoms with Crippen molar-refractivity contribution in [1.82, 2.24) is 26.2 Å². The molecular weight excluding hydrogens is 660 g/mol. The third kappa shape index (κ3) is 13.7. The van der Waals surface area contributed by atoms with E-state index >= 15 is 0 Å². The Morgan fingerprint density at radius 3 is 1.92 bits per heavy atom. The molecular formula is C36H52N6O9. The molecule has 1 aromatic carbocycles. The summed E-state index contributed by atoms with van der Waals surface area (Å²) >= 11 is 0. The molecule has 2 atom stereocenters. The molecule has 0 spiro atoms. The van der Waals surface area contributed by atoms with Gasteiger partial charge in [-0.05, 0) is 67.6 Å². The van der Waals surface area contributed by atoms with Crippen molar-refractivity contribution >= 4 is 47.4 Å². The van der Waals surface area contributed by atoms with Gasteiger partial charge in [-0.25, -0.2) is 9.59 Å². The van der Waals surface area contributed by atoms with Crippen molar-refractivity contribution in [3.8, 4) is 0 Å². The van der Waals surface area contributed by atoms with Gasteiger partial charge in [0.25, 0.3) is 11.8 Å². The minimum atomic E-state index is -0.905. The smallest absolute Gasteiger partial charge is 0.407 e. The number of carbonyl (C=O) groups excluding carboxylic acids is 7. The first-order valence-electron chi connectivity index (χ1n) is 17.4. The minimum absolute atomic E-state index is 0.0182. The highest BCUT2D eigenvalue weighted by Crippen LogP contribution is 2.30. The van der Waals surface area contributed by atoms with Gasteiger partial charge in [0.05, 0.1) is 6.61 Å².